The largest absolute Gasteiger partial charge is 0.393 e. The zero-order chi connectivity index (χ0) is 15.4. The van der Waals surface area contributed by atoms with Gasteiger partial charge in [0.2, 0.25) is 0 Å². The summed E-state index contributed by atoms with van der Waals surface area (Å²) in [5, 5.41) is 13.2. The molecule has 1 aromatic carbocycles. The molecule has 1 aromatic rings. The second kappa shape index (κ2) is 7.61. The van der Waals surface area contributed by atoms with Gasteiger partial charge in [0.25, 0.3) is 0 Å². The van der Waals surface area contributed by atoms with Gasteiger partial charge in [-0.15, -0.1) is 0 Å². The van der Waals surface area contributed by atoms with Gasteiger partial charge in [0.05, 0.1) is 6.10 Å². The molecule has 21 heavy (non-hydrogen) atoms. The van der Waals surface area contributed by atoms with Gasteiger partial charge in [-0.1, -0.05) is 29.8 Å². The lowest BCUT2D eigenvalue weighted by molar-refractivity contribution is 0.110. The lowest BCUT2D eigenvalue weighted by atomic mass is 9.91. The van der Waals surface area contributed by atoms with Gasteiger partial charge in [-0.05, 0) is 49.4 Å². The molecule has 2 N–H and O–H groups in total. The molecule has 1 heterocycles. The molecule has 0 aliphatic carbocycles. The van der Waals surface area contributed by atoms with Gasteiger partial charge in [-0.25, -0.2) is 0 Å². The Morgan fingerprint density at radius 2 is 1.95 bits per heavy atom. The van der Waals surface area contributed by atoms with Gasteiger partial charge in [0.1, 0.15) is 0 Å². The van der Waals surface area contributed by atoms with Crippen molar-refractivity contribution in [3.63, 3.8) is 0 Å². The van der Waals surface area contributed by atoms with E-state index in [1.165, 1.54) is 11.3 Å². The van der Waals surface area contributed by atoms with Crippen molar-refractivity contribution in [2.24, 2.45) is 5.92 Å². The maximum atomic E-state index is 9.74. The lowest BCUT2D eigenvalue weighted by Crippen LogP contribution is -2.37. The minimum atomic E-state index is -0.181. The molecule has 2 rings (SSSR count). The van der Waals surface area contributed by atoms with Crippen molar-refractivity contribution < 1.29 is 5.11 Å². The number of rotatable bonds is 5. The molecule has 0 radical (unpaired) electrons. The third kappa shape index (κ3) is 4.70. The van der Waals surface area contributed by atoms with Gasteiger partial charge in [-0.2, -0.15) is 0 Å². The molecule has 0 bridgehead atoms. The number of nitrogens with zero attached hydrogens (tertiary/aromatic N) is 1. The monoisotopic (exact) mass is 354 g/mol. The Labute approximate surface area is 136 Å². The summed E-state index contributed by atoms with van der Waals surface area (Å²) in [6.07, 6.45) is 1.97. The van der Waals surface area contributed by atoms with Crippen LogP contribution in [0.5, 0.6) is 0 Å². The SMILES string of the molecule is CC(C)NCc1cc(Br)ccc1N1CCC(C(C)O)CC1. The summed E-state index contributed by atoms with van der Waals surface area (Å²) in [7, 11) is 0. The zero-order valence-electron chi connectivity index (χ0n) is 13.3. The van der Waals surface area contributed by atoms with Crippen LogP contribution in [0.25, 0.3) is 0 Å². The normalized spacial score (nSPS) is 18.3. The van der Waals surface area contributed by atoms with Crippen LogP contribution in [0.4, 0.5) is 5.69 Å². The van der Waals surface area contributed by atoms with Crippen LogP contribution in [0.2, 0.25) is 0 Å². The van der Waals surface area contributed by atoms with Crippen LogP contribution in [0.3, 0.4) is 0 Å². The highest BCUT2D eigenvalue weighted by Crippen LogP contribution is 2.29. The first-order chi connectivity index (χ1) is 9.97. The molecular weight excluding hydrogens is 328 g/mol. The van der Waals surface area contributed by atoms with Gasteiger partial charge in [0, 0.05) is 35.8 Å². The van der Waals surface area contributed by atoms with Crippen LogP contribution in [-0.4, -0.2) is 30.3 Å². The smallest absolute Gasteiger partial charge is 0.0541 e. The zero-order valence-corrected chi connectivity index (χ0v) is 14.9. The van der Waals surface area contributed by atoms with Crippen molar-refractivity contribution in [1.29, 1.82) is 0 Å². The van der Waals surface area contributed by atoms with E-state index in [4.69, 9.17) is 0 Å². The molecule has 1 aliphatic rings. The van der Waals surface area contributed by atoms with E-state index in [2.05, 4.69) is 58.2 Å². The molecule has 0 saturated carbocycles. The Bertz CT molecular complexity index is 454. The minimum absolute atomic E-state index is 0.181. The van der Waals surface area contributed by atoms with Crippen LogP contribution in [-0.2, 0) is 6.54 Å². The Balaban J connectivity index is 2.08. The van der Waals surface area contributed by atoms with Crippen LogP contribution in [0, 0.1) is 5.92 Å². The second-order valence-electron chi connectivity index (χ2n) is 6.37. The van der Waals surface area contributed by atoms with Crippen LogP contribution < -0.4 is 10.2 Å². The number of benzene rings is 1. The fraction of sp³-hybridized carbons (Fsp3) is 0.647. The summed E-state index contributed by atoms with van der Waals surface area (Å²) in [5.41, 5.74) is 2.67. The van der Waals surface area contributed by atoms with Crippen molar-refractivity contribution in [2.45, 2.75) is 52.3 Å². The van der Waals surface area contributed by atoms with Gasteiger partial charge in [0.15, 0.2) is 0 Å². The molecule has 1 aliphatic heterocycles. The highest BCUT2D eigenvalue weighted by atomic mass is 79.9. The fourth-order valence-electron chi connectivity index (χ4n) is 2.94. The predicted octanol–water partition coefficient (Wildman–Crippen LogP) is 3.54. The summed E-state index contributed by atoms with van der Waals surface area (Å²) >= 11 is 3.58. The van der Waals surface area contributed by atoms with E-state index in [9.17, 15) is 5.11 Å². The molecular formula is C17H27BrN2O. The number of hydrogen-bond acceptors (Lipinski definition) is 3. The first-order valence-corrected chi connectivity index (χ1v) is 8.71. The topological polar surface area (TPSA) is 35.5 Å². The average molecular weight is 355 g/mol. The molecule has 4 heteroatoms. The van der Waals surface area contributed by atoms with Crippen molar-refractivity contribution in [3.05, 3.63) is 28.2 Å². The van der Waals surface area contributed by atoms with Crippen molar-refractivity contribution in [1.82, 2.24) is 5.32 Å². The molecule has 0 amide bonds. The quantitative estimate of drug-likeness (QED) is 0.848. The molecule has 0 spiro atoms. The standard InChI is InChI=1S/C17H27BrN2O/c1-12(2)19-11-15-10-16(18)4-5-17(15)20-8-6-14(7-9-20)13(3)21/h4-5,10,12-14,19,21H,6-9,11H2,1-3H3. The summed E-state index contributed by atoms with van der Waals surface area (Å²) < 4.78 is 1.13. The third-order valence-electron chi connectivity index (χ3n) is 4.30. The van der Waals surface area contributed by atoms with Gasteiger partial charge in [-0.3, -0.25) is 0 Å². The summed E-state index contributed by atoms with van der Waals surface area (Å²) in [4.78, 5) is 2.46. The van der Waals surface area contributed by atoms with Crippen LogP contribution >= 0.6 is 15.9 Å². The third-order valence-corrected chi connectivity index (χ3v) is 4.80. The highest BCUT2D eigenvalue weighted by Gasteiger charge is 2.23. The Kier molecular flexibility index (Phi) is 6.08. The average Bonchev–Trinajstić information content (AvgIpc) is 2.45. The van der Waals surface area contributed by atoms with Crippen molar-refractivity contribution in [2.75, 3.05) is 18.0 Å². The number of aliphatic hydroxyl groups excluding tert-OH is 1. The van der Waals surface area contributed by atoms with Crippen molar-refractivity contribution >= 4 is 21.6 Å². The molecule has 1 atom stereocenters. The Hall–Kier alpha value is -0.580. The van der Waals surface area contributed by atoms with Crippen molar-refractivity contribution in [3.8, 4) is 0 Å². The molecule has 1 fully saturated rings. The minimum Gasteiger partial charge on any atom is -0.393 e. The maximum Gasteiger partial charge on any atom is 0.0541 e. The van der Waals surface area contributed by atoms with Crippen LogP contribution in [0.15, 0.2) is 22.7 Å². The first kappa shape index (κ1) is 16.8. The summed E-state index contributed by atoms with van der Waals surface area (Å²) in [5.74, 6) is 0.453. The summed E-state index contributed by atoms with van der Waals surface area (Å²) in [6.45, 7) is 9.22. The Morgan fingerprint density at radius 1 is 1.29 bits per heavy atom. The first-order valence-electron chi connectivity index (χ1n) is 7.92. The molecule has 3 nitrogen and oxygen atoms in total. The van der Waals surface area contributed by atoms with E-state index < -0.39 is 0 Å². The lowest BCUT2D eigenvalue weighted by Gasteiger charge is -2.36. The van der Waals surface area contributed by atoms with E-state index in [0.29, 0.717) is 12.0 Å². The van der Waals surface area contributed by atoms with E-state index in [0.717, 1.165) is 36.9 Å². The van der Waals surface area contributed by atoms with Gasteiger partial charge >= 0.3 is 0 Å². The predicted molar refractivity (Wildman–Crippen MR) is 92.7 cm³/mol. The highest BCUT2D eigenvalue weighted by molar-refractivity contribution is 9.10. The molecule has 118 valence electrons. The number of anilines is 1. The van der Waals surface area contributed by atoms with E-state index >= 15 is 0 Å². The summed E-state index contributed by atoms with van der Waals surface area (Å²) in [6, 6.07) is 7.03. The Morgan fingerprint density at radius 3 is 2.52 bits per heavy atom. The van der Waals surface area contributed by atoms with Crippen LogP contribution in [0.1, 0.15) is 39.2 Å². The number of hydrogen-bond donors (Lipinski definition) is 2. The molecule has 1 unspecified atom stereocenters. The number of nitrogens with one attached hydrogen (secondary N) is 1. The van der Waals surface area contributed by atoms with E-state index in [-0.39, 0.29) is 6.10 Å². The molecule has 0 aromatic heterocycles. The number of piperidine rings is 1. The fourth-order valence-corrected chi connectivity index (χ4v) is 3.35. The molecule has 1 saturated heterocycles. The maximum absolute atomic E-state index is 9.74. The van der Waals surface area contributed by atoms with Gasteiger partial charge < -0.3 is 15.3 Å². The van der Waals surface area contributed by atoms with E-state index in [1.807, 2.05) is 6.92 Å². The number of halogens is 1. The number of aliphatic hydroxyl groups is 1. The second-order valence-corrected chi connectivity index (χ2v) is 7.29. The van der Waals surface area contributed by atoms with E-state index in [1.54, 1.807) is 0 Å².